The lowest BCUT2D eigenvalue weighted by Crippen LogP contribution is -2.26. The Morgan fingerprint density at radius 2 is 1.67 bits per heavy atom. The molecule has 0 amide bonds. The van der Waals surface area contributed by atoms with Gasteiger partial charge >= 0.3 is 0 Å². The second-order valence-corrected chi connectivity index (χ2v) is 3.96. The first kappa shape index (κ1) is 12.7. The number of nitrogen functional groups attached to an aromatic ring is 1. The van der Waals surface area contributed by atoms with Gasteiger partial charge in [-0.15, -0.1) is 0 Å². The number of ether oxygens (including phenoxy) is 2. The average molecular weight is 257 g/mol. The molecular weight excluding hydrogens is 242 g/mol. The Morgan fingerprint density at radius 3 is 2.17 bits per heavy atom. The number of rotatable bonds is 4. The zero-order valence-corrected chi connectivity index (χ0v) is 9.67. The molecule has 18 heavy (non-hydrogen) atoms. The molecule has 1 aliphatic rings. The molecule has 1 heterocycles. The Kier molecular flexibility index (Phi) is 4.08. The van der Waals surface area contributed by atoms with E-state index in [1.165, 1.54) is 12.1 Å². The van der Waals surface area contributed by atoms with Crippen LogP contribution in [0.5, 0.6) is 17.2 Å². The molecule has 7 heteroatoms. The average Bonchev–Trinajstić information content (AvgIpc) is 2.41. The topological polar surface area (TPSA) is 103 Å². The summed E-state index contributed by atoms with van der Waals surface area (Å²) in [5, 5.41) is 17.6. The first-order valence-electron chi connectivity index (χ1n) is 5.55. The zero-order chi connectivity index (χ0) is 13.0. The molecule has 0 aliphatic carbocycles. The zero-order valence-electron chi connectivity index (χ0n) is 9.67. The second-order valence-electron chi connectivity index (χ2n) is 3.96. The maximum Gasteiger partial charge on any atom is 0.213 e. The fourth-order valence-corrected chi connectivity index (χ4v) is 1.81. The van der Waals surface area contributed by atoms with Gasteiger partial charge in [-0.3, -0.25) is 0 Å². The van der Waals surface area contributed by atoms with Crippen LogP contribution < -0.4 is 20.2 Å². The van der Waals surface area contributed by atoms with E-state index in [0.29, 0.717) is 26.1 Å². The largest absolute Gasteiger partial charge is 0.483 e. The molecule has 0 radical (unpaired) electrons. The van der Waals surface area contributed by atoms with Crippen LogP contribution in [-0.2, 0) is 4.74 Å². The Bertz CT molecular complexity index is 380. The highest BCUT2D eigenvalue weighted by atomic mass is 17.1. The molecule has 1 fully saturated rings. The molecule has 0 atom stereocenters. The lowest BCUT2D eigenvalue weighted by Gasteiger charge is -2.24. The van der Waals surface area contributed by atoms with Crippen molar-refractivity contribution < 1.29 is 29.8 Å². The van der Waals surface area contributed by atoms with Crippen LogP contribution in [-0.4, -0.2) is 29.8 Å². The normalized spacial score (nSPS) is 16.3. The van der Waals surface area contributed by atoms with Crippen molar-refractivity contribution in [2.75, 3.05) is 18.9 Å². The lowest BCUT2D eigenvalue weighted by molar-refractivity contribution is -0.149. The number of anilines is 1. The molecule has 0 saturated carbocycles. The quantitative estimate of drug-likeness (QED) is 0.427. The van der Waals surface area contributed by atoms with Crippen molar-refractivity contribution in [1.82, 2.24) is 0 Å². The van der Waals surface area contributed by atoms with E-state index in [1.807, 2.05) is 0 Å². The van der Waals surface area contributed by atoms with Gasteiger partial charge in [0.25, 0.3) is 0 Å². The molecule has 0 unspecified atom stereocenters. The Labute approximate surface area is 103 Å². The molecule has 1 aliphatic heterocycles. The molecule has 0 bridgehead atoms. The molecule has 2 rings (SSSR count). The second kappa shape index (κ2) is 5.76. The summed E-state index contributed by atoms with van der Waals surface area (Å²) in [6, 6.07) is 2.74. The summed E-state index contributed by atoms with van der Waals surface area (Å²) in [4.78, 5) is 8.37. The minimum absolute atomic E-state index is 0.00876. The summed E-state index contributed by atoms with van der Waals surface area (Å²) in [7, 11) is 0. The van der Waals surface area contributed by atoms with Gasteiger partial charge in [-0.2, -0.15) is 0 Å². The summed E-state index contributed by atoms with van der Waals surface area (Å²) in [5.41, 5.74) is 5.82. The Balaban J connectivity index is 2.23. The van der Waals surface area contributed by atoms with Gasteiger partial charge in [0.2, 0.25) is 17.2 Å². The van der Waals surface area contributed by atoms with Crippen molar-refractivity contribution in [3.63, 3.8) is 0 Å². The van der Waals surface area contributed by atoms with E-state index >= 15 is 0 Å². The van der Waals surface area contributed by atoms with Crippen molar-refractivity contribution in [3.8, 4) is 17.2 Å². The first-order chi connectivity index (χ1) is 8.74. The minimum Gasteiger partial charge on any atom is -0.483 e. The third kappa shape index (κ3) is 2.76. The molecule has 1 aromatic carbocycles. The van der Waals surface area contributed by atoms with Gasteiger partial charge in [-0.05, 0) is 0 Å². The predicted octanol–water partition coefficient (Wildman–Crippen LogP) is 1.53. The van der Waals surface area contributed by atoms with Crippen LogP contribution in [0.2, 0.25) is 0 Å². The van der Waals surface area contributed by atoms with Crippen molar-refractivity contribution in [1.29, 1.82) is 0 Å². The monoisotopic (exact) mass is 257 g/mol. The van der Waals surface area contributed by atoms with Crippen LogP contribution in [0.1, 0.15) is 12.8 Å². The highest BCUT2D eigenvalue weighted by Crippen LogP contribution is 2.40. The molecule has 7 nitrogen and oxygen atoms in total. The summed E-state index contributed by atoms with van der Waals surface area (Å²) < 4.78 is 10.9. The van der Waals surface area contributed by atoms with Gasteiger partial charge < -0.3 is 25.0 Å². The van der Waals surface area contributed by atoms with Gasteiger partial charge in [0.15, 0.2) is 0 Å². The van der Waals surface area contributed by atoms with E-state index in [1.54, 1.807) is 0 Å². The van der Waals surface area contributed by atoms with E-state index in [2.05, 4.69) is 9.78 Å². The van der Waals surface area contributed by atoms with E-state index in [9.17, 15) is 0 Å². The highest BCUT2D eigenvalue weighted by molar-refractivity contribution is 5.60. The number of nitrogens with two attached hydrogens (primary N) is 1. The Hall–Kier alpha value is -1.70. The third-order valence-electron chi connectivity index (χ3n) is 2.69. The molecule has 4 N–H and O–H groups in total. The predicted molar refractivity (Wildman–Crippen MR) is 61.8 cm³/mol. The lowest BCUT2D eigenvalue weighted by atomic mass is 10.1. The maximum atomic E-state index is 8.79. The van der Waals surface area contributed by atoms with Crippen molar-refractivity contribution in [2.24, 2.45) is 0 Å². The SMILES string of the molecule is Nc1cc(OO)c(OC2CCOCC2)c(OO)c1. The molecule has 0 spiro atoms. The summed E-state index contributed by atoms with van der Waals surface area (Å²) >= 11 is 0. The molecule has 0 aromatic heterocycles. The van der Waals surface area contributed by atoms with Gasteiger partial charge in [0.1, 0.15) is 6.10 Å². The van der Waals surface area contributed by atoms with Crippen LogP contribution in [0.25, 0.3) is 0 Å². The minimum atomic E-state index is -0.0924. The van der Waals surface area contributed by atoms with Crippen LogP contribution >= 0.6 is 0 Å². The van der Waals surface area contributed by atoms with E-state index < -0.39 is 0 Å². The van der Waals surface area contributed by atoms with Crippen LogP contribution in [0.4, 0.5) is 5.69 Å². The van der Waals surface area contributed by atoms with Gasteiger partial charge in [-0.1, -0.05) is 0 Å². The molecule has 100 valence electrons. The number of hydrogen-bond donors (Lipinski definition) is 3. The molecule has 1 saturated heterocycles. The van der Waals surface area contributed by atoms with Crippen molar-refractivity contribution in [2.45, 2.75) is 18.9 Å². The van der Waals surface area contributed by atoms with Crippen LogP contribution in [0.15, 0.2) is 12.1 Å². The number of hydrogen-bond acceptors (Lipinski definition) is 7. The van der Waals surface area contributed by atoms with E-state index in [-0.39, 0.29) is 29.0 Å². The van der Waals surface area contributed by atoms with Crippen molar-refractivity contribution in [3.05, 3.63) is 12.1 Å². The fraction of sp³-hybridized carbons (Fsp3) is 0.455. The number of benzene rings is 1. The van der Waals surface area contributed by atoms with E-state index in [0.717, 1.165) is 0 Å². The standard InChI is InChI=1S/C11H15NO6/c12-7-5-9(17-13)11(10(6-7)18-14)16-8-1-3-15-4-2-8/h5-6,8,13-14H,1-4,12H2. The van der Waals surface area contributed by atoms with Gasteiger partial charge in [-0.25, -0.2) is 10.5 Å². The molecule has 1 aromatic rings. The van der Waals surface area contributed by atoms with Gasteiger partial charge in [0.05, 0.1) is 13.2 Å². The maximum absolute atomic E-state index is 8.79. The Morgan fingerprint density at radius 1 is 1.11 bits per heavy atom. The van der Waals surface area contributed by atoms with Crippen molar-refractivity contribution >= 4 is 5.69 Å². The van der Waals surface area contributed by atoms with Crippen LogP contribution in [0, 0.1) is 0 Å². The summed E-state index contributed by atoms with van der Waals surface area (Å²) in [6.45, 7) is 1.20. The van der Waals surface area contributed by atoms with E-state index in [4.69, 9.17) is 25.7 Å². The summed E-state index contributed by atoms with van der Waals surface area (Å²) in [6.07, 6.45) is 1.32. The fourth-order valence-electron chi connectivity index (χ4n) is 1.81. The smallest absolute Gasteiger partial charge is 0.213 e. The molecular formula is C11H15NO6. The van der Waals surface area contributed by atoms with Crippen LogP contribution in [0.3, 0.4) is 0 Å². The third-order valence-corrected chi connectivity index (χ3v) is 2.69. The first-order valence-corrected chi connectivity index (χ1v) is 5.55. The highest BCUT2D eigenvalue weighted by Gasteiger charge is 2.22. The van der Waals surface area contributed by atoms with Gasteiger partial charge in [0, 0.05) is 30.7 Å². The summed E-state index contributed by atoms with van der Waals surface area (Å²) in [5.74, 6) is 0.0946.